The van der Waals surface area contributed by atoms with Crippen LogP contribution in [0.2, 0.25) is 0 Å². The highest BCUT2D eigenvalue weighted by Gasteiger charge is 2.01. The van der Waals surface area contributed by atoms with E-state index in [-0.39, 0.29) is 0 Å². The van der Waals surface area contributed by atoms with E-state index in [0.29, 0.717) is 17.2 Å². The average molecular weight is 290 g/mol. The monoisotopic (exact) mass is 289 g/mol. The largest absolute Gasteiger partial charge is 0.382 e. The van der Waals surface area contributed by atoms with Gasteiger partial charge in [0.15, 0.2) is 5.82 Å². The first kappa shape index (κ1) is 11.4. The van der Waals surface area contributed by atoms with E-state index in [1.165, 1.54) is 0 Å². The van der Waals surface area contributed by atoms with E-state index >= 15 is 0 Å². The summed E-state index contributed by atoms with van der Waals surface area (Å²) in [6, 6.07) is 10.8. The Morgan fingerprint density at radius 3 is 2.65 bits per heavy atom. The Labute approximate surface area is 106 Å². The van der Waals surface area contributed by atoms with Crippen LogP contribution in [0.3, 0.4) is 0 Å². The topological polar surface area (TPSA) is 87.6 Å². The van der Waals surface area contributed by atoms with Crippen molar-refractivity contribution in [2.45, 2.75) is 0 Å². The van der Waals surface area contributed by atoms with Crippen LogP contribution in [0.15, 0.2) is 34.8 Å². The Morgan fingerprint density at radius 1 is 1.24 bits per heavy atom. The Morgan fingerprint density at radius 2 is 2.06 bits per heavy atom. The number of nitrogen functional groups attached to an aromatic ring is 1. The van der Waals surface area contributed by atoms with Crippen molar-refractivity contribution in [3.05, 3.63) is 40.4 Å². The standard InChI is InChI=1S/C11H8BrN5/c12-9-5-8(2-1-7(9)6-13)15-11-4-3-10(14)16-17-11/h1-5H,(H2,14,16)(H,15,17). The highest BCUT2D eigenvalue weighted by atomic mass is 79.9. The Hall–Kier alpha value is -2.13. The van der Waals surface area contributed by atoms with Gasteiger partial charge < -0.3 is 11.1 Å². The molecule has 0 bridgehead atoms. The smallest absolute Gasteiger partial charge is 0.153 e. The fourth-order valence-corrected chi connectivity index (χ4v) is 1.71. The Bertz CT molecular complexity index is 573. The summed E-state index contributed by atoms with van der Waals surface area (Å²) in [5.74, 6) is 0.965. The molecule has 0 aliphatic heterocycles. The third-order valence-electron chi connectivity index (χ3n) is 2.05. The maximum absolute atomic E-state index is 8.79. The molecule has 2 aromatic rings. The van der Waals surface area contributed by atoms with Gasteiger partial charge in [0.05, 0.1) is 5.56 Å². The first-order valence-electron chi connectivity index (χ1n) is 4.75. The molecule has 0 fully saturated rings. The summed E-state index contributed by atoms with van der Waals surface area (Å²) >= 11 is 3.31. The third-order valence-corrected chi connectivity index (χ3v) is 2.70. The molecule has 1 aromatic carbocycles. The van der Waals surface area contributed by atoms with E-state index in [1.807, 2.05) is 0 Å². The van der Waals surface area contributed by atoms with Crippen molar-refractivity contribution < 1.29 is 0 Å². The molecule has 17 heavy (non-hydrogen) atoms. The van der Waals surface area contributed by atoms with E-state index in [2.05, 4.69) is 37.5 Å². The van der Waals surface area contributed by atoms with Crippen LogP contribution in [0, 0.1) is 11.3 Å². The average Bonchev–Trinajstić information content (AvgIpc) is 2.32. The molecule has 1 aromatic heterocycles. The summed E-state index contributed by atoms with van der Waals surface area (Å²) in [7, 11) is 0. The normalized spacial score (nSPS) is 9.65. The van der Waals surface area contributed by atoms with Crippen LogP contribution in [-0.4, -0.2) is 10.2 Å². The molecule has 2 rings (SSSR count). The molecular formula is C11H8BrN5. The van der Waals surface area contributed by atoms with Crippen molar-refractivity contribution in [1.29, 1.82) is 5.26 Å². The summed E-state index contributed by atoms with van der Waals surface area (Å²) in [6.45, 7) is 0. The second kappa shape index (κ2) is 4.80. The first-order valence-corrected chi connectivity index (χ1v) is 5.54. The van der Waals surface area contributed by atoms with Gasteiger partial charge in [-0.15, -0.1) is 10.2 Å². The number of halogens is 1. The van der Waals surface area contributed by atoms with Gasteiger partial charge in [0.1, 0.15) is 11.9 Å². The summed E-state index contributed by atoms with van der Waals surface area (Å²) in [4.78, 5) is 0. The van der Waals surface area contributed by atoms with Crippen molar-refractivity contribution in [2.75, 3.05) is 11.1 Å². The molecule has 5 nitrogen and oxygen atoms in total. The number of rotatable bonds is 2. The zero-order valence-corrected chi connectivity index (χ0v) is 10.3. The van der Waals surface area contributed by atoms with Crippen molar-refractivity contribution >= 4 is 33.3 Å². The molecule has 0 atom stereocenters. The molecule has 0 radical (unpaired) electrons. The zero-order valence-electron chi connectivity index (χ0n) is 8.68. The number of nitrogens with two attached hydrogens (primary N) is 1. The van der Waals surface area contributed by atoms with Gasteiger partial charge in [-0.25, -0.2) is 0 Å². The number of aromatic nitrogens is 2. The molecule has 0 aliphatic carbocycles. The van der Waals surface area contributed by atoms with Gasteiger partial charge in [-0.3, -0.25) is 0 Å². The van der Waals surface area contributed by atoms with E-state index < -0.39 is 0 Å². The minimum Gasteiger partial charge on any atom is -0.382 e. The Kier molecular flexibility index (Phi) is 3.21. The van der Waals surface area contributed by atoms with Crippen LogP contribution in [0.4, 0.5) is 17.3 Å². The number of nitriles is 1. The van der Waals surface area contributed by atoms with Gasteiger partial charge in [-0.2, -0.15) is 5.26 Å². The van der Waals surface area contributed by atoms with Gasteiger partial charge in [-0.1, -0.05) is 0 Å². The van der Waals surface area contributed by atoms with Crippen LogP contribution < -0.4 is 11.1 Å². The number of hydrogen-bond acceptors (Lipinski definition) is 5. The van der Waals surface area contributed by atoms with Crippen molar-refractivity contribution in [3.63, 3.8) is 0 Å². The zero-order chi connectivity index (χ0) is 12.3. The summed E-state index contributed by atoms with van der Waals surface area (Å²) in [5, 5.41) is 19.5. The number of anilines is 3. The minimum absolute atomic E-state index is 0.372. The fourth-order valence-electron chi connectivity index (χ4n) is 1.24. The lowest BCUT2D eigenvalue weighted by Gasteiger charge is -2.05. The van der Waals surface area contributed by atoms with E-state index in [1.54, 1.807) is 30.3 Å². The van der Waals surface area contributed by atoms with Gasteiger partial charge in [0.25, 0.3) is 0 Å². The summed E-state index contributed by atoms with van der Waals surface area (Å²) in [6.07, 6.45) is 0. The van der Waals surface area contributed by atoms with Gasteiger partial charge in [-0.05, 0) is 46.3 Å². The van der Waals surface area contributed by atoms with Crippen LogP contribution in [-0.2, 0) is 0 Å². The van der Waals surface area contributed by atoms with Gasteiger partial charge >= 0.3 is 0 Å². The number of benzene rings is 1. The molecule has 0 unspecified atom stereocenters. The lowest BCUT2D eigenvalue weighted by molar-refractivity contribution is 1.05. The fraction of sp³-hybridized carbons (Fsp3) is 0. The van der Waals surface area contributed by atoms with E-state index in [4.69, 9.17) is 11.0 Å². The number of hydrogen-bond donors (Lipinski definition) is 2. The van der Waals surface area contributed by atoms with Crippen LogP contribution >= 0.6 is 15.9 Å². The lowest BCUT2D eigenvalue weighted by Crippen LogP contribution is -1.98. The van der Waals surface area contributed by atoms with Crippen molar-refractivity contribution in [2.24, 2.45) is 0 Å². The van der Waals surface area contributed by atoms with E-state index in [9.17, 15) is 0 Å². The summed E-state index contributed by atoms with van der Waals surface area (Å²) < 4.78 is 0.730. The first-order chi connectivity index (χ1) is 8.19. The highest BCUT2D eigenvalue weighted by Crippen LogP contribution is 2.22. The predicted molar refractivity (Wildman–Crippen MR) is 68.6 cm³/mol. The molecule has 1 heterocycles. The molecule has 0 saturated carbocycles. The Balaban J connectivity index is 2.22. The van der Waals surface area contributed by atoms with Crippen LogP contribution in [0.5, 0.6) is 0 Å². The molecule has 0 spiro atoms. The number of nitrogens with one attached hydrogen (secondary N) is 1. The second-order valence-electron chi connectivity index (χ2n) is 3.27. The van der Waals surface area contributed by atoms with Crippen molar-refractivity contribution in [3.8, 4) is 6.07 Å². The molecule has 6 heteroatoms. The lowest BCUT2D eigenvalue weighted by atomic mass is 10.2. The van der Waals surface area contributed by atoms with Gasteiger partial charge in [0, 0.05) is 10.2 Å². The maximum atomic E-state index is 8.79. The molecular weight excluding hydrogens is 282 g/mol. The molecule has 0 saturated heterocycles. The van der Waals surface area contributed by atoms with Crippen LogP contribution in [0.25, 0.3) is 0 Å². The van der Waals surface area contributed by atoms with Crippen LogP contribution in [0.1, 0.15) is 5.56 Å². The van der Waals surface area contributed by atoms with Crippen molar-refractivity contribution in [1.82, 2.24) is 10.2 Å². The third kappa shape index (κ3) is 2.71. The number of nitrogens with zero attached hydrogens (tertiary/aromatic N) is 3. The second-order valence-corrected chi connectivity index (χ2v) is 4.13. The van der Waals surface area contributed by atoms with E-state index in [0.717, 1.165) is 10.2 Å². The molecule has 0 amide bonds. The quantitative estimate of drug-likeness (QED) is 0.887. The predicted octanol–water partition coefficient (Wildman–Crippen LogP) is 2.44. The molecule has 0 aliphatic rings. The highest BCUT2D eigenvalue weighted by molar-refractivity contribution is 9.10. The van der Waals surface area contributed by atoms with Gasteiger partial charge in [0.2, 0.25) is 0 Å². The minimum atomic E-state index is 0.372. The molecule has 3 N–H and O–H groups in total. The SMILES string of the molecule is N#Cc1ccc(Nc2ccc(N)nn2)cc1Br. The maximum Gasteiger partial charge on any atom is 0.153 e. The molecule has 84 valence electrons. The summed E-state index contributed by atoms with van der Waals surface area (Å²) in [5.41, 5.74) is 6.83.